The molecule has 0 bridgehead atoms. The van der Waals surface area contributed by atoms with Crippen LogP contribution in [0.1, 0.15) is 38.7 Å². The van der Waals surface area contributed by atoms with Crippen molar-refractivity contribution in [2.45, 2.75) is 62.6 Å². The number of pyridine rings is 1. The highest BCUT2D eigenvalue weighted by Gasteiger charge is 2.58. The third kappa shape index (κ3) is 4.69. The third-order valence-corrected chi connectivity index (χ3v) is 10.5. The van der Waals surface area contributed by atoms with Crippen molar-refractivity contribution in [3.63, 3.8) is 0 Å². The molecule has 4 fully saturated rings. The summed E-state index contributed by atoms with van der Waals surface area (Å²) in [5.41, 5.74) is 5.64. The van der Waals surface area contributed by atoms with Crippen molar-refractivity contribution in [1.82, 2.24) is 19.9 Å². The summed E-state index contributed by atoms with van der Waals surface area (Å²) >= 11 is 0. The number of nitrogens with zero attached hydrogens (tertiary/aromatic N) is 5. The van der Waals surface area contributed by atoms with E-state index in [1.807, 2.05) is 0 Å². The molecule has 3 aliphatic heterocycles. The van der Waals surface area contributed by atoms with Gasteiger partial charge in [-0.3, -0.25) is 9.88 Å². The van der Waals surface area contributed by atoms with E-state index in [4.69, 9.17) is 26.6 Å². The first kappa shape index (κ1) is 30.1. The smallest absolute Gasteiger partial charge is 0.319 e. The van der Waals surface area contributed by atoms with Crippen LogP contribution in [-0.2, 0) is 4.74 Å². The Morgan fingerprint density at radius 3 is 2.81 bits per heavy atom. The van der Waals surface area contributed by atoms with Crippen molar-refractivity contribution in [3.05, 3.63) is 47.7 Å². The highest BCUT2D eigenvalue weighted by atomic mass is 19.1. The molecule has 0 spiro atoms. The SMILES string of the molecule is C#Cc1c(F)ccc2cc(N)cc(-c3ncc4c(N5CCOC[C@H]6[C@H](F)[C@H]65)nc(OC[C@@]56CCC(C)(C)N5C[C@H](F)C6)nc4c3F)c12. The predicted octanol–water partition coefficient (Wildman–Crippen LogP) is 5.59. The van der Waals surface area contributed by atoms with Gasteiger partial charge in [-0.25, -0.2) is 17.6 Å². The molecule has 0 radical (unpaired) electrons. The number of hydrogen-bond acceptors (Lipinski definition) is 8. The summed E-state index contributed by atoms with van der Waals surface area (Å²) in [6.45, 7) is 5.53. The van der Waals surface area contributed by atoms with Gasteiger partial charge in [0.05, 0.1) is 35.7 Å². The molecule has 244 valence electrons. The van der Waals surface area contributed by atoms with Gasteiger partial charge in [-0.05, 0) is 50.3 Å². The van der Waals surface area contributed by atoms with Gasteiger partial charge in [-0.1, -0.05) is 12.0 Å². The Balaban J connectivity index is 1.28. The Labute approximate surface area is 269 Å². The van der Waals surface area contributed by atoms with Gasteiger partial charge >= 0.3 is 6.01 Å². The zero-order valence-corrected chi connectivity index (χ0v) is 26.1. The van der Waals surface area contributed by atoms with Gasteiger partial charge in [0.1, 0.15) is 41.8 Å². The monoisotopic (exact) mass is 646 g/mol. The molecule has 47 heavy (non-hydrogen) atoms. The van der Waals surface area contributed by atoms with Crippen LogP contribution in [0.15, 0.2) is 30.5 Å². The zero-order chi connectivity index (χ0) is 32.8. The fourth-order valence-electron chi connectivity index (χ4n) is 8.16. The molecule has 5 atom stereocenters. The van der Waals surface area contributed by atoms with Gasteiger partial charge < -0.3 is 20.1 Å². The van der Waals surface area contributed by atoms with Crippen LogP contribution in [0.5, 0.6) is 6.01 Å². The van der Waals surface area contributed by atoms with E-state index in [1.165, 1.54) is 24.4 Å². The summed E-state index contributed by atoms with van der Waals surface area (Å²) < 4.78 is 73.4. The van der Waals surface area contributed by atoms with Gasteiger partial charge in [-0.15, -0.1) is 6.42 Å². The molecule has 0 unspecified atom stereocenters. The van der Waals surface area contributed by atoms with Crippen LogP contribution in [0.3, 0.4) is 0 Å². The van der Waals surface area contributed by atoms with E-state index in [2.05, 4.69) is 34.6 Å². The second-order valence-electron chi connectivity index (χ2n) is 13.9. The van der Waals surface area contributed by atoms with Gasteiger partial charge in [0.25, 0.3) is 0 Å². The summed E-state index contributed by atoms with van der Waals surface area (Å²) in [5, 5.41) is 1.06. The van der Waals surface area contributed by atoms with Crippen molar-refractivity contribution in [2.24, 2.45) is 5.92 Å². The van der Waals surface area contributed by atoms with Gasteiger partial charge in [0, 0.05) is 53.8 Å². The van der Waals surface area contributed by atoms with Crippen LogP contribution in [0.25, 0.3) is 32.9 Å². The van der Waals surface area contributed by atoms with Crippen LogP contribution >= 0.6 is 0 Å². The molecule has 2 aromatic heterocycles. The van der Waals surface area contributed by atoms with Crippen LogP contribution < -0.4 is 15.4 Å². The average molecular weight is 647 g/mol. The Bertz CT molecular complexity index is 1980. The van der Waals surface area contributed by atoms with E-state index >= 15 is 4.39 Å². The minimum Gasteiger partial charge on any atom is -0.461 e. The third-order valence-electron chi connectivity index (χ3n) is 10.5. The summed E-state index contributed by atoms with van der Waals surface area (Å²) in [4.78, 5) is 17.6. The van der Waals surface area contributed by atoms with Crippen LogP contribution in [-0.4, -0.2) is 82.2 Å². The summed E-state index contributed by atoms with van der Waals surface area (Å²) in [6.07, 6.45) is 6.92. The summed E-state index contributed by atoms with van der Waals surface area (Å²) in [5.74, 6) is 0.850. The summed E-state index contributed by atoms with van der Waals surface area (Å²) in [7, 11) is 0. The highest BCUT2D eigenvalue weighted by Crippen LogP contribution is 2.49. The van der Waals surface area contributed by atoms with E-state index in [-0.39, 0.29) is 69.6 Å². The number of rotatable bonds is 5. The number of benzene rings is 2. The van der Waals surface area contributed by atoms with Crippen LogP contribution in [0.2, 0.25) is 0 Å². The number of aromatic nitrogens is 3. The molecule has 8 nitrogen and oxygen atoms in total. The number of nitrogens with two attached hydrogens (primary N) is 1. The molecule has 3 saturated heterocycles. The van der Waals surface area contributed by atoms with Gasteiger partial charge in [-0.2, -0.15) is 9.97 Å². The number of halogens is 4. The number of anilines is 2. The van der Waals surface area contributed by atoms with Crippen molar-refractivity contribution < 1.29 is 27.0 Å². The first-order valence-electron chi connectivity index (χ1n) is 15.9. The van der Waals surface area contributed by atoms with E-state index in [0.717, 1.165) is 12.8 Å². The maximum absolute atomic E-state index is 16.9. The maximum Gasteiger partial charge on any atom is 0.319 e. The number of fused-ring (bicyclic) bond motifs is 4. The lowest BCUT2D eigenvalue weighted by atomic mass is 9.94. The minimum absolute atomic E-state index is 0.0458. The molecule has 4 aliphatic rings. The summed E-state index contributed by atoms with van der Waals surface area (Å²) in [6, 6.07) is 5.27. The molecule has 2 N–H and O–H groups in total. The molecule has 4 aromatic rings. The molecular weight excluding hydrogens is 612 g/mol. The molecule has 8 rings (SSSR count). The largest absolute Gasteiger partial charge is 0.461 e. The minimum atomic E-state index is -1.13. The Hall–Kier alpha value is -4.21. The Morgan fingerprint density at radius 1 is 1.17 bits per heavy atom. The van der Waals surface area contributed by atoms with E-state index in [1.54, 1.807) is 11.0 Å². The number of alkyl halides is 2. The second-order valence-corrected chi connectivity index (χ2v) is 13.9. The Kier molecular flexibility index (Phi) is 6.83. The predicted molar refractivity (Wildman–Crippen MR) is 171 cm³/mol. The van der Waals surface area contributed by atoms with Gasteiger partial charge in [0.15, 0.2) is 5.82 Å². The zero-order valence-electron chi connectivity index (χ0n) is 26.1. The number of terminal acetylenes is 1. The van der Waals surface area contributed by atoms with Crippen LogP contribution in [0.4, 0.5) is 29.1 Å². The molecule has 5 heterocycles. The molecular formula is C35H34F4N6O2. The number of hydrogen-bond donors (Lipinski definition) is 1. The van der Waals surface area contributed by atoms with Gasteiger partial charge in [0.2, 0.25) is 0 Å². The molecule has 2 aromatic carbocycles. The van der Waals surface area contributed by atoms with Crippen molar-refractivity contribution >= 4 is 33.2 Å². The van der Waals surface area contributed by atoms with Crippen molar-refractivity contribution in [2.75, 3.05) is 43.5 Å². The normalized spacial score (nSPS) is 28.2. The Morgan fingerprint density at radius 2 is 2.00 bits per heavy atom. The lowest BCUT2D eigenvalue weighted by molar-refractivity contribution is 0.0544. The lowest BCUT2D eigenvalue weighted by Crippen LogP contribution is -2.50. The quantitative estimate of drug-likeness (QED) is 0.171. The molecule has 0 amide bonds. The topological polar surface area (TPSA) is 89.6 Å². The first-order valence-corrected chi connectivity index (χ1v) is 15.9. The second kappa shape index (κ2) is 10.7. The fraction of sp³-hybridized carbons (Fsp3) is 0.457. The van der Waals surface area contributed by atoms with Crippen LogP contribution in [0, 0.1) is 29.9 Å². The number of nitrogen functional groups attached to an aromatic ring is 1. The number of ether oxygens (including phenoxy) is 2. The molecule has 12 heteroatoms. The molecule has 1 saturated carbocycles. The van der Waals surface area contributed by atoms with Crippen molar-refractivity contribution in [3.8, 4) is 29.6 Å². The lowest BCUT2D eigenvalue weighted by Gasteiger charge is -2.38. The average Bonchev–Trinajstić information content (AvgIpc) is 3.54. The highest BCUT2D eigenvalue weighted by molar-refractivity contribution is 6.03. The van der Waals surface area contributed by atoms with E-state index < -0.39 is 35.6 Å². The standard InChI is InChI=1S/C35H34F4N6O2/c1-4-21-25(37)6-5-18-11-20(40)12-22(26(18)21)29-28(39)30-23(14-41-29)32(44-9-10-46-16-24-27(38)31(24)44)43-33(42-30)47-17-35-8-7-34(2,3)45(35)15-19(36)13-35/h1,5-6,11-12,14,19,24,27,31H,7-10,13,15-17,40H2,2-3H3/t19-,24+,27+,31+,35+/m1/s1. The first-order chi connectivity index (χ1) is 22.5. The van der Waals surface area contributed by atoms with E-state index in [9.17, 15) is 13.2 Å². The molecule has 1 aliphatic carbocycles. The van der Waals surface area contributed by atoms with Crippen molar-refractivity contribution in [1.29, 1.82) is 0 Å². The maximum atomic E-state index is 16.9. The van der Waals surface area contributed by atoms with E-state index in [0.29, 0.717) is 37.2 Å². The fourth-order valence-corrected chi connectivity index (χ4v) is 8.16.